The Balaban J connectivity index is 3.09. The van der Waals surface area contributed by atoms with Crippen molar-refractivity contribution < 1.29 is 4.74 Å². The zero-order chi connectivity index (χ0) is 9.30. The van der Waals surface area contributed by atoms with E-state index in [1.165, 1.54) is 0 Å². The van der Waals surface area contributed by atoms with Crippen LogP contribution in [0.5, 0.6) is 0 Å². The molecule has 0 aromatic rings. The van der Waals surface area contributed by atoms with Crippen LogP contribution in [0.2, 0.25) is 0 Å². The molecule has 0 fully saturated rings. The molecule has 66 valence electrons. The molecular weight excluding hydrogens is 188 g/mol. The topological polar surface area (TPSA) is 9.23 Å². The third-order valence-corrected chi connectivity index (χ3v) is 2.54. The fraction of sp³-hybridized carbons (Fsp3) is 0.556. The minimum Gasteiger partial charge on any atom is -0.434 e. The smallest absolute Gasteiger partial charge is 0.195 e. The van der Waals surface area contributed by atoms with Crippen molar-refractivity contribution in [3.63, 3.8) is 0 Å². The van der Waals surface area contributed by atoms with Crippen molar-refractivity contribution in [2.24, 2.45) is 5.92 Å². The van der Waals surface area contributed by atoms with E-state index < -0.39 is 0 Å². The monoisotopic (exact) mass is 200 g/mol. The van der Waals surface area contributed by atoms with Crippen LogP contribution in [-0.2, 0) is 4.74 Å². The molecule has 1 nitrogen and oxygen atoms in total. The molecule has 0 aliphatic carbocycles. The van der Waals surface area contributed by atoms with Crippen LogP contribution in [0.1, 0.15) is 27.2 Å². The molecule has 1 aliphatic rings. The molecular formula is C9H12OS2. The summed E-state index contributed by atoms with van der Waals surface area (Å²) in [5.41, 5.74) is 2.24. The summed E-state index contributed by atoms with van der Waals surface area (Å²) in [7, 11) is 0. The maximum atomic E-state index is 5.23. The van der Waals surface area contributed by atoms with Crippen LogP contribution in [0.3, 0.4) is 0 Å². The summed E-state index contributed by atoms with van der Waals surface area (Å²) in [5.74, 6) is 0.410. The van der Waals surface area contributed by atoms with Gasteiger partial charge in [0.1, 0.15) is 0 Å². The van der Waals surface area contributed by atoms with E-state index in [-0.39, 0.29) is 0 Å². The first-order chi connectivity index (χ1) is 5.57. The van der Waals surface area contributed by atoms with Crippen LogP contribution >= 0.6 is 24.4 Å². The van der Waals surface area contributed by atoms with Crippen molar-refractivity contribution in [1.82, 2.24) is 0 Å². The van der Waals surface area contributed by atoms with E-state index in [2.05, 4.69) is 20.8 Å². The quantitative estimate of drug-likeness (QED) is 0.634. The number of hydrogen-bond acceptors (Lipinski definition) is 3. The van der Waals surface area contributed by atoms with Gasteiger partial charge in [-0.25, -0.2) is 0 Å². The second-order valence-electron chi connectivity index (χ2n) is 3.08. The first-order valence-corrected chi connectivity index (χ1v) is 4.89. The average Bonchev–Trinajstić information content (AvgIpc) is 2.24. The summed E-state index contributed by atoms with van der Waals surface area (Å²) in [6, 6.07) is 0. The van der Waals surface area contributed by atoms with Gasteiger partial charge < -0.3 is 4.74 Å². The predicted molar refractivity (Wildman–Crippen MR) is 58.4 cm³/mol. The van der Waals surface area contributed by atoms with Crippen LogP contribution in [0, 0.1) is 5.92 Å². The zero-order valence-electron chi connectivity index (χ0n) is 7.51. The lowest BCUT2D eigenvalue weighted by molar-refractivity contribution is 0.582. The van der Waals surface area contributed by atoms with E-state index in [1.54, 1.807) is 0 Å². The van der Waals surface area contributed by atoms with E-state index in [1.807, 2.05) is 0 Å². The number of hydrogen-bond donors (Lipinski definition) is 0. The molecule has 1 aliphatic heterocycles. The first kappa shape index (κ1) is 9.81. The molecule has 0 N–H and O–H groups in total. The largest absolute Gasteiger partial charge is 0.434 e. The number of rotatable bonds is 2. The summed E-state index contributed by atoms with van der Waals surface area (Å²) < 4.78 is 5.23. The summed E-state index contributed by atoms with van der Waals surface area (Å²) in [4.78, 5) is 0. The molecule has 0 aromatic heterocycles. The summed E-state index contributed by atoms with van der Waals surface area (Å²) in [6.07, 6.45) is 0.909. The highest BCUT2D eigenvalue weighted by Crippen LogP contribution is 2.28. The summed E-state index contributed by atoms with van der Waals surface area (Å²) in [5, 5.41) is 1.15. The third-order valence-electron chi connectivity index (χ3n) is 1.91. The molecule has 1 heterocycles. The maximum Gasteiger partial charge on any atom is 0.195 e. The molecule has 0 radical (unpaired) electrons. The first-order valence-electron chi connectivity index (χ1n) is 4.07. The summed E-state index contributed by atoms with van der Waals surface area (Å²) >= 11 is 10.1. The van der Waals surface area contributed by atoms with Crippen LogP contribution in [-0.4, -0.2) is 10.1 Å². The highest BCUT2D eigenvalue weighted by molar-refractivity contribution is 7.82. The van der Waals surface area contributed by atoms with Gasteiger partial charge in [0.25, 0.3) is 0 Å². The van der Waals surface area contributed by atoms with Crippen molar-refractivity contribution in [3.05, 3.63) is 11.1 Å². The van der Waals surface area contributed by atoms with Gasteiger partial charge in [-0.1, -0.05) is 20.8 Å². The van der Waals surface area contributed by atoms with Gasteiger partial charge in [-0.3, -0.25) is 0 Å². The minimum atomic E-state index is 0.410. The Morgan fingerprint density at radius 1 is 1.25 bits per heavy atom. The fourth-order valence-corrected chi connectivity index (χ4v) is 2.19. The van der Waals surface area contributed by atoms with Crippen molar-refractivity contribution in [2.45, 2.75) is 27.2 Å². The Hall–Kier alpha value is -0.280. The van der Waals surface area contributed by atoms with Crippen molar-refractivity contribution in [3.8, 4) is 0 Å². The number of ether oxygens (including phenoxy) is 1. The molecule has 0 atom stereocenters. The Morgan fingerprint density at radius 3 is 2.17 bits per heavy atom. The molecule has 0 aromatic carbocycles. The number of thiocarbonyl (C=S) groups is 2. The minimum absolute atomic E-state index is 0.410. The second-order valence-corrected chi connectivity index (χ2v) is 3.82. The van der Waals surface area contributed by atoms with Gasteiger partial charge in [0, 0.05) is 11.1 Å². The predicted octanol–water partition coefficient (Wildman–Crippen LogP) is 3.03. The van der Waals surface area contributed by atoms with E-state index in [0.717, 1.165) is 17.6 Å². The third kappa shape index (κ3) is 1.57. The molecule has 0 amide bonds. The molecule has 1 rings (SSSR count). The Bertz CT molecular complexity index is 264. The van der Waals surface area contributed by atoms with Crippen LogP contribution in [0.25, 0.3) is 0 Å². The van der Waals surface area contributed by atoms with Gasteiger partial charge in [0.2, 0.25) is 0 Å². The van der Waals surface area contributed by atoms with Crippen LogP contribution in [0.15, 0.2) is 11.1 Å². The van der Waals surface area contributed by atoms with Gasteiger partial charge in [-0.2, -0.15) is 0 Å². The lowest BCUT2D eigenvalue weighted by Crippen LogP contribution is -2.03. The molecule has 0 unspecified atom stereocenters. The van der Waals surface area contributed by atoms with Gasteiger partial charge >= 0.3 is 0 Å². The second kappa shape index (κ2) is 3.62. The van der Waals surface area contributed by atoms with Gasteiger partial charge in [-0.05, 0) is 36.8 Å². The highest BCUT2D eigenvalue weighted by Gasteiger charge is 2.26. The molecule has 0 spiro atoms. The molecule has 3 heteroatoms. The molecule has 0 bridgehead atoms. The summed E-state index contributed by atoms with van der Waals surface area (Å²) in [6.45, 7) is 6.28. The van der Waals surface area contributed by atoms with E-state index in [0.29, 0.717) is 16.0 Å². The van der Waals surface area contributed by atoms with Gasteiger partial charge in [0.15, 0.2) is 10.1 Å². The van der Waals surface area contributed by atoms with Crippen molar-refractivity contribution >= 4 is 34.5 Å². The van der Waals surface area contributed by atoms with Crippen molar-refractivity contribution in [1.29, 1.82) is 0 Å². The molecule has 0 saturated carbocycles. The molecule has 12 heavy (non-hydrogen) atoms. The SMILES string of the molecule is CCC1=C(C(C)C)C(=S)OC1=S. The Kier molecular flexibility index (Phi) is 2.96. The van der Waals surface area contributed by atoms with Gasteiger partial charge in [-0.15, -0.1) is 0 Å². The van der Waals surface area contributed by atoms with E-state index in [4.69, 9.17) is 29.2 Å². The van der Waals surface area contributed by atoms with E-state index >= 15 is 0 Å². The Labute approximate surface area is 83.8 Å². The van der Waals surface area contributed by atoms with Crippen LogP contribution in [0.4, 0.5) is 0 Å². The van der Waals surface area contributed by atoms with E-state index in [9.17, 15) is 0 Å². The zero-order valence-corrected chi connectivity index (χ0v) is 9.14. The molecule has 0 saturated heterocycles. The van der Waals surface area contributed by atoms with Crippen LogP contribution < -0.4 is 0 Å². The van der Waals surface area contributed by atoms with Gasteiger partial charge in [0.05, 0.1) is 0 Å². The Morgan fingerprint density at radius 2 is 1.83 bits per heavy atom. The van der Waals surface area contributed by atoms with Crippen molar-refractivity contribution in [2.75, 3.05) is 0 Å². The fourth-order valence-electron chi connectivity index (χ4n) is 1.35. The highest BCUT2D eigenvalue weighted by atomic mass is 32.1. The standard InChI is InChI=1S/C9H12OS2/c1-4-6-7(5(2)3)9(12)10-8(6)11/h5H,4H2,1-3H3. The maximum absolute atomic E-state index is 5.23. The lowest BCUT2D eigenvalue weighted by Gasteiger charge is -2.05. The normalized spacial score (nSPS) is 17.7. The lowest BCUT2D eigenvalue weighted by atomic mass is 9.98. The average molecular weight is 200 g/mol.